The highest BCUT2D eigenvalue weighted by Gasteiger charge is 2.11. The van der Waals surface area contributed by atoms with Crippen molar-refractivity contribution in [2.75, 3.05) is 12.9 Å². The number of pyridine rings is 1. The van der Waals surface area contributed by atoms with E-state index in [4.69, 9.17) is 10.5 Å². The van der Waals surface area contributed by atoms with Crippen LogP contribution in [0.5, 0.6) is 5.75 Å². The summed E-state index contributed by atoms with van der Waals surface area (Å²) in [4.78, 5) is 4.32. The lowest BCUT2D eigenvalue weighted by molar-refractivity contribution is 0.407. The van der Waals surface area contributed by atoms with Crippen LogP contribution in [0.2, 0.25) is 0 Å². The summed E-state index contributed by atoms with van der Waals surface area (Å²) in [5.41, 5.74) is 7.23. The Labute approximate surface area is 125 Å². The van der Waals surface area contributed by atoms with Gasteiger partial charge in [-0.05, 0) is 34.1 Å². The Morgan fingerprint density at radius 1 is 1.32 bits per heavy atom. The molecule has 0 aliphatic carbocycles. The SMILES string of the molecule is COc1ccccc1C(N)CSc1ccc(Br)cn1. The van der Waals surface area contributed by atoms with Crippen LogP contribution >= 0.6 is 27.7 Å². The number of hydrogen-bond donors (Lipinski definition) is 1. The average molecular weight is 339 g/mol. The van der Waals surface area contributed by atoms with Crippen molar-refractivity contribution in [1.82, 2.24) is 4.98 Å². The zero-order chi connectivity index (χ0) is 13.7. The number of benzene rings is 1. The summed E-state index contributed by atoms with van der Waals surface area (Å²) in [6.45, 7) is 0. The molecule has 3 nitrogen and oxygen atoms in total. The molecule has 1 heterocycles. The van der Waals surface area contributed by atoms with E-state index in [1.165, 1.54) is 0 Å². The van der Waals surface area contributed by atoms with Crippen molar-refractivity contribution >= 4 is 27.7 Å². The number of ether oxygens (including phenoxy) is 1. The fourth-order valence-electron chi connectivity index (χ4n) is 1.69. The van der Waals surface area contributed by atoms with Gasteiger partial charge in [-0.2, -0.15) is 0 Å². The quantitative estimate of drug-likeness (QED) is 0.845. The lowest BCUT2D eigenvalue weighted by Crippen LogP contribution is -2.14. The fourth-order valence-corrected chi connectivity index (χ4v) is 2.74. The van der Waals surface area contributed by atoms with Crippen LogP contribution < -0.4 is 10.5 Å². The van der Waals surface area contributed by atoms with Gasteiger partial charge in [0.15, 0.2) is 0 Å². The first-order valence-electron chi connectivity index (χ1n) is 5.83. The highest BCUT2D eigenvalue weighted by molar-refractivity contribution is 9.10. The van der Waals surface area contributed by atoms with Gasteiger partial charge in [-0.1, -0.05) is 18.2 Å². The Morgan fingerprint density at radius 3 is 2.79 bits per heavy atom. The van der Waals surface area contributed by atoms with Crippen LogP contribution in [-0.2, 0) is 0 Å². The van der Waals surface area contributed by atoms with E-state index >= 15 is 0 Å². The molecule has 2 aromatic rings. The van der Waals surface area contributed by atoms with Crippen molar-refractivity contribution in [2.24, 2.45) is 5.73 Å². The summed E-state index contributed by atoms with van der Waals surface area (Å²) in [5.74, 6) is 1.59. The zero-order valence-electron chi connectivity index (χ0n) is 10.5. The van der Waals surface area contributed by atoms with E-state index < -0.39 is 0 Å². The number of aromatic nitrogens is 1. The summed E-state index contributed by atoms with van der Waals surface area (Å²) in [6, 6.07) is 11.7. The summed E-state index contributed by atoms with van der Waals surface area (Å²) in [7, 11) is 1.66. The van der Waals surface area contributed by atoms with Gasteiger partial charge in [-0.25, -0.2) is 4.98 Å². The molecule has 1 aromatic carbocycles. The maximum atomic E-state index is 6.21. The Balaban J connectivity index is 2.01. The molecule has 2 rings (SSSR count). The number of halogens is 1. The lowest BCUT2D eigenvalue weighted by Gasteiger charge is -2.14. The summed E-state index contributed by atoms with van der Waals surface area (Å²) < 4.78 is 6.30. The molecule has 100 valence electrons. The Bertz CT molecular complexity index is 533. The second-order valence-electron chi connectivity index (χ2n) is 3.97. The van der Waals surface area contributed by atoms with Crippen molar-refractivity contribution in [3.63, 3.8) is 0 Å². The minimum absolute atomic E-state index is 0.0772. The van der Waals surface area contributed by atoms with Gasteiger partial charge >= 0.3 is 0 Å². The van der Waals surface area contributed by atoms with E-state index in [0.717, 1.165) is 26.6 Å². The van der Waals surface area contributed by atoms with Crippen LogP contribution in [0.1, 0.15) is 11.6 Å². The highest BCUT2D eigenvalue weighted by Crippen LogP contribution is 2.28. The van der Waals surface area contributed by atoms with Gasteiger partial charge in [0.05, 0.1) is 12.1 Å². The Kier molecular flexibility index (Phi) is 5.24. The van der Waals surface area contributed by atoms with Crippen molar-refractivity contribution in [2.45, 2.75) is 11.1 Å². The highest BCUT2D eigenvalue weighted by atomic mass is 79.9. The smallest absolute Gasteiger partial charge is 0.123 e. The molecule has 19 heavy (non-hydrogen) atoms. The number of para-hydroxylation sites is 1. The third kappa shape index (κ3) is 3.96. The van der Waals surface area contributed by atoms with E-state index in [0.29, 0.717) is 0 Å². The molecule has 1 unspecified atom stereocenters. The first-order chi connectivity index (χ1) is 9.20. The van der Waals surface area contributed by atoms with Gasteiger partial charge in [0.1, 0.15) is 5.75 Å². The number of hydrogen-bond acceptors (Lipinski definition) is 4. The van der Waals surface area contributed by atoms with Gasteiger partial charge in [-0.15, -0.1) is 11.8 Å². The van der Waals surface area contributed by atoms with Crippen LogP contribution in [0.25, 0.3) is 0 Å². The molecule has 1 atom stereocenters. The van der Waals surface area contributed by atoms with Crippen molar-refractivity contribution in [3.8, 4) is 5.75 Å². The number of nitrogens with two attached hydrogens (primary N) is 1. The lowest BCUT2D eigenvalue weighted by atomic mass is 10.1. The van der Waals surface area contributed by atoms with Gasteiger partial charge in [-0.3, -0.25) is 0 Å². The first-order valence-corrected chi connectivity index (χ1v) is 7.61. The van der Waals surface area contributed by atoms with E-state index in [9.17, 15) is 0 Å². The van der Waals surface area contributed by atoms with E-state index in [1.807, 2.05) is 36.4 Å². The number of nitrogens with zero attached hydrogens (tertiary/aromatic N) is 1. The van der Waals surface area contributed by atoms with Gasteiger partial charge in [0.25, 0.3) is 0 Å². The van der Waals surface area contributed by atoms with E-state index in [2.05, 4.69) is 20.9 Å². The molecule has 2 N–H and O–H groups in total. The van der Waals surface area contributed by atoms with Crippen LogP contribution in [0, 0.1) is 0 Å². The molecule has 0 fully saturated rings. The standard InChI is InChI=1S/C14H15BrN2OS/c1-18-13-5-3-2-4-11(13)12(16)9-19-14-7-6-10(15)8-17-14/h2-8,12H,9,16H2,1H3. The summed E-state index contributed by atoms with van der Waals surface area (Å²) in [6.07, 6.45) is 1.79. The predicted octanol–water partition coefficient (Wildman–Crippen LogP) is 3.64. The first kappa shape index (κ1) is 14.4. The maximum Gasteiger partial charge on any atom is 0.123 e. The van der Waals surface area contributed by atoms with Crippen LogP contribution in [-0.4, -0.2) is 17.8 Å². The number of methoxy groups -OCH3 is 1. The molecular formula is C14H15BrN2OS. The Morgan fingerprint density at radius 2 is 2.11 bits per heavy atom. The van der Waals surface area contributed by atoms with Crippen LogP contribution in [0.3, 0.4) is 0 Å². The van der Waals surface area contributed by atoms with E-state index in [-0.39, 0.29) is 6.04 Å². The fraction of sp³-hybridized carbons (Fsp3) is 0.214. The largest absolute Gasteiger partial charge is 0.496 e. The third-order valence-corrected chi connectivity index (χ3v) is 4.18. The van der Waals surface area contributed by atoms with Gasteiger partial charge in [0, 0.05) is 28.0 Å². The second kappa shape index (κ2) is 6.93. The molecule has 0 radical (unpaired) electrons. The molecule has 0 aliphatic heterocycles. The maximum absolute atomic E-state index is 6.21. The summed E-state index contributed by atoms with van der Waals surface area (Å²) >= 11 is 5.01. The third-order valence-electron chi connectivity index (χ3n) is 2.65. The Hall–Kier alpha value is -1.04. The van der Waals surface area contributed by atoms with Crippen LogP contribution in [0.15, 0.2) is 52.1 Å². The molecular weight excluding hydrogens is 324 g/mol. The number of rotatable bonds is 5. The second-order valence-corrected chi connectivity index (χ2v) is 5.93. The summed E-state index contributed by atoms with van der Waals surface area (Å²) in [5, 5.41) is 0.966. The van der Waals surface area contributed by atoms with Crippen LogP contribution in [0.4, 0.5) is 0 Å². The number of thioether (sulfide) groups is 1. The normalized spacial score (nSPS) is 12.2. The van der Waals surface area contributed by atoms with Crippen molar-refractivity contribution in [3.05, 3.63) is 52.6 Å². The zero-order valence-corrected chi connectivity index (χ0v) is 12.9. The minimum atomic E-state index is -0.0772. The van der Waals surface area contributed by atoms with Crippen molar-refractivity contribution in [1.29, 1.82) is 0 Å². The monoisotopic (exact) mass is 338 g/mol. The molecule has 0 saturated carbocycles. The molecule has 0 saturated heterocycles. The molecule has 0 aliphatic rings. The molecule has 0 bridgehead atoms. The average Bonchev–Trinajstić information content (AvgIpc) is 2.46. The van der Waals surface area contributed by atoms with E-state index in [1.54, 1.807) is 25.1 Å². The van der Waals surface area contributed by atoms with Gasteiger partial charge < -0.3 is 10.5 Å². The molecule has 5 heteroatoms. The van der Waals surface area contributed by atoms with Crippen molar-refractivity contribution < 1.29 is 4.74 Å². The minimum Gasteiger partial charge on any atom is -0.496 e. The molecule has 1 aromatic heterocycles. The van der Waals surface area contributed by atoms with Gasteiger partial charge in [0.2, 0.25) is 0 Å². The predicted molar refractivity (Wildman–Crippen MR) is 82.6 cm³/mol. The topological polar surface area (TPSA) is 48.1 Å². The molecule has 0 amide bonds. The molecule has 0 spiro atoms.